The van der Waals surface area contributed by atoms with E-state index >= 15 is 0 Å². The first-order valence-electron chi connectivity index (χ1n) is 10.4. The van der Waals surface area contributed by atoms with Crippen LogP contribution in [0.2, 0.25) is 0 Å². The fourth-order valence-electron chi connectivity index (χ4n) is 3.39. The van der Waals surface area contributed by atoms with Gasteiger partial charge in [-0.15, -0.1) is 10.2 Å². The molecule has 0 aliphatic carbocycles. The van der Waals surface area contributed by atoms with Crippen LogP contribution in [0.15, 0.2) is 59.9 Å². The molecule has 0 aliphatic rings. The molecular formula is C24H24N6O2S. The second kappa shape index (κ2) is 9.41. The van der Waals surface area contributed by atoms with E-state index in [1.165, 1.54) is 24.2 Å². The predicted octanol–water partition coefficient (Wildman–Crippen LogP) is 4.12. The summed E-state index contributed by atoms with van der Waals surface area (Å²) in [6.07, 6.45) is 1.92. The molecule has 0 unspecified atom stereocenters. The lowest BCUT2D eigenvalue weighted by Gasteiger charge is -2.07. The van der Waals surface area contributed by atoms with Crippen molar-refractivity contribution in [3.05, 3.63) is 65.9 Å². The molecule has 2 aromatic heterocycles. The van der Waals surface area contributed by atoms with Crippen molar-refractivity contribution in [1.82, 2.24) is 24.5 Å². The zero-order valence-corrected chi connectivity index (χ0v) is 19.7. The standard InChI is InChI=1S/C24H24N6O2S/c1-15-8-10-17(11-9-15)22-20(13-29(3)28-22)23-26-27-24(30(23)4)33-14-21(32)25-19-7-5-6-18(12-19)16(2)31/h5-13H,14H2,1-4H3,(H,25,32). The Kier molecular flexibility index (Phi) is 6.41. The van der Waals surface area contributed by atoms with Crippen LogP contribution in [0.1, 0.15) is 22.8 Å². The zero-order valence-electron chi connectivity index (χ0n) is 18.9. The van der Waals surface area contributed by atoms with Crippen LogP contribution in [0.4, 0.5) is 5.69 Å². The molecule has 2 aromatic carbocycles. The van der Waals surface area contributed by atoms with E-state index in [9.17, 15) is 9.59 Å². The fourth-order valence-corrected chi connectivity index (χ4v) is 4.11. The molecule has 0 aliphatic heterocycles. The van der Waals surface area contributed by atoms with Gasteiger partial charge in [0.1, 0.15) is 5.69 Å². The van der Waals surface area contributed by atoms with Crippen molar-refractivity contribution in [3.63, 3.8) is 0 Å². The first-order chi connectivity index (χ1) is 15.8. The highest BCUT2D eigenvalue weighted by Crippen LogP contribution is 2.31. The lowest BCUT2D eigenvalue weighted by molar-refractivity contribution is -0.113. The number of amides is 1. The van der Waals surface area contributed by atoms with Gasteiger partial charge in [-0.25, -0.2) is 0 Å². The van der Waals surface area contributed by atoms with Crippen molar-refractivity contribution in [2.24, 2.45) is 14.1 Å². The van der Waals surface area contributed by atoms with Crippen LogP contribution in [0.5, 0.6) is 0 Å². The summed E-state index contributed by atoms with van der Waals surface area (Å²) in [5, 5.41) is 16.7. The third-order valence-corrected chi connectivity index (χ3v) is 6.14. The van der Waals surface area contributed by atoms with Crippen molar-refractivity contribution >= 4 is 29.1 Å². The predicted molar refractivity (Wildman–Crippen MR) is 129 cm³/mol. The number of nitrogens with zero attached hydrogens (tertiary/aromatic N) is 5. The molecule has 0 bridgehead atoms. The summed E-state index contributed by atoms with van der Waals surface area (Å²) >= 11 is 1.29. The molecule has 9 heteroatoms. The minimum absolute atomic E-state index is 0.0486. The number of thioether (sulfide) groups is 1. The van der Waals surface area contributed by atoms with Gasteiger partial charge in [0.15, 0.2) is 16.8 Å². The smallest absolute Gasteiger partial charge is 0.234 e. The van der Waals surface area contributed by atoms with Crippen LogP contribution < -0.4 is 5.32 Å². The van der Waals surface area contributed by atoms with Gasteiger partial charge < -0.3 is 9.88 Å². The van der Waals surface area contributed by atoms with E-state index in [-0.39, 0.29) is 17.4 Å². The topological polar surface area (TPSA) is 94.7 Å². The molecule has 0 saturated carbocycles. The number of rotatable bonds is 7. The van der Waals surface area contributed by atoms with E-state index in [1.54, 1.807) is 28.9 Å². The van der Waals surface area contributed by atoms with E-state index in [0.717, 1.165) is 16.8 Å². The molecule has 168 valence electrons. The number of carbonyl (C=O) groups is 2. The molecule has 8 nitrogen and oxygen atoms in total. The van der Waals surface area contributed by atoms with Gasteiger partial charge in [-0.2, -0.15) is 5.10 Å². The zero-order chi connectivity index (χ0) is 23.5. The number of ketones is 1. The Hall–Kier alpha value is -3.72. The summed E-state index contributed by atoms with van der Waals surface area (Å²) in [4.78, 5) is 24.0. The number of aryl methyl sites for hydroxylation is 2. The molecule has 33 heavy (non-hydrogen) atoms. The van der Waals surface area contributed by atoms with Gasteiger partial charge in [-0.3, -0.25) is 14.3 Å². The van der Waals surface area contributed by atoms with Crippen molar-refractivity contribution in [3.8, 4) is 22.6 Å². The first kappa shape index (κ1) is 22.5. The SMILES string of the molecule is CC(=O)c1cccc(NC(=O)CSc2nnc(-c3cn(C)nc3-c3ccc(C)cc3)n2C)c1. The van der Waals surface area contributed by atoms with Gasteiger partial charge in [0.2, 0.25) is 5.91 Å². The third-order valence-electron chi connectivity index (χ3n) is 5.11. The second-order valence-electron chi connectivity index (χ2n) is 7.77. The third kappa shape index (κ3) is 5.04. The quantitative estimate of drug-likeness (QED) is 0.329. The lowest BCUT2D eigenvalue weighted by atomic mass is 10.1. The number of nitrogens with one attached hydrogen (secondary N) is 1. The number of benzene rings is 2. The Balaban J connectivity index is 1.49. The van der Waals surface area contributed by atoms with Crippen LogP contribution in [0, 0.1) is 6.92 Å². The van der Waals surface area contributed by atoms with E-state index in [2.05, 4.69) is 32.7 Å². The number of Topliss-reactive ketones (excluding diaryl/α,β-unsaturated/α-hetero) is 1. The first-order valence-corrected chi connectivity index (χ1v) is 11.3. The van der Waals surface area contributed by atoms with Gasteiger partial charge in [0, 0.05) is 37.1 Å². The minimum Gasteiger partial charge on any atom is -0.325 e. The van der Waals surface area contributed by atoms with Crippen LogP contribution >= 0.6 is 11.8 Å². The average Bonchev–Trinajstić information content (AvgIpc) is 3.35. The Morgan fingerprint density at radius 2 is 1.82 bits per heavy atom. The Morgan fingerprint density at radius 3 is 2.55 bits per heavy atom. The molecule has 2 heterocycles. The summed E-state index contributed by atoms with van der Waals surface area (Å²) in [6, 6.07) is 15.1. The molecule has 0 saturated heterocycles. The number of carbonyl (C=O) groups excluding carboxylic acids is 2. The summed E-state index contributed by atoms with van der Waals surface area (Å²) in [5.41, 5.74) is 5.02. The van der Waals surface area contributed by atoms with E-state index < -0.39 is 0 Å². The average molecular weight is 461 g/mol. The maximum Gasteiger partial charge on any atom is 0.234 e. The van der Waals surface area contributed by atoms with E-state index in [1.807, 2.05) is 43.9 Å². The summed E-state index contributed by atoms with van der Waals surface area (Å²) < 4.78 is 3.62. The monoisotopic (exact) mass is 460 g/mol. The summed E-state index contributed by atoms with van der Waals surface area (Å²) in [5.74, 6) is 0.601. The maximum absolute atomic E-state index is 12.4. The van der Waals surface area contributed by atoms with Gasteiger partial charge >= 0.3 is 0 Å². The highest BCUT2D eigenvalue weighted by molar-refractivity contribution is 7.99. The number of hydrogen-bond acceptors (Lipinski definition) is 6. The van der Waals surface area contributed by atoms with Crippen LogP contribution in [0.25, 0.3) is 22.6 Å². The van der Waals surface area contributed by atoms with Crippen molar-refractivity contribution < 1.29 is 9.59 Å². The Labute approximate surface area is 196 Å². The van der Waals surface area contributed by atoms with Crippen LogP contribution in [-0.2, 0) is 18.9 Å². The van der Waals surface area contributed by atoms with Gasteiger partial charge in [0.25, 0.3) is 0 Å². The molecule has 0 fully saturated rings. The highest BCUT2D eigenvalue weighted by atomic mass is 32.2. The molecule has 0 atom stereocenters. The maximum atomic E-state index is 12.4. The van der Waals surface area contributed by atoms with Crippen molar-refractivity contribution in [2.45, 2.75) is 19.0 Å². The summed E-state index contributed by atoms with van der Waals surface area (Å²) in [7, 11) is 3.75. The van der Waals surface area contributed by atoms with Gasteiger partial charge in [-0.05, 0) is 26.0 Å². The highest BCUT2D eigenvalue weighted by Gasteiger charge is 2.19. The fraction of sp³-hybridized carbons (Fsp3) is 0.208. The van der Waals surface area contributed by atoms with Crippen molar-refractivity contribution in [1.29, 1.82) is 0 Å². The Bertz CT molecular complexity index is 1320. The summed E-state index contributed by atoms with van der Waals surface area (Å²) in [6.45, 7) is 3.54. The molecule has 0 spiro atoms. The number of anilines is 1. The molecule has 4 rings (SSSR count). The molecule has 1 amide bonds. The number of hydrogen-bond donors (Lipinski definition) is 1. The Morgan fingerprint density at radius 1 is 1.06 bits per heavy atom. The molecule has 1 N–H and O–H groups in total. The van der Waals surface area contributed by atoms with E-state index in [0.29, 0.717) is 22.2 Å². The van der Waals surface area contributed by atoms with E-state index in [4.69, 9.17) is 0 Å². The van der Waals surface area contributed by atoms with Gasteiger partial charge in [-0.1, -0.05) is 53.7 Å². The molecule has 0 radical (unpaired) electrons. The number of aromatic nitrogens is 5. The van der Waals surface area contributed by atoms with Crippen LogP contribution in [0.3, 0.4) is 0 Å². The normalized spacial score (nSPS) is 10.9. The largest absolute Gasteiger partial charge is 0.325 e. The van der Waals surface area contributed by atoms with Crippen LogP contribution in [-0.4, -0.2) is 42.0 Å². The lowest BCUT2D eigenvalue weighted by Crippen LogP contribution is -2.14. The molecule has 4 aromatic rings. The van der Waals surface area contributed by atoms with Crippen molar-refractivity contribution in [2.75, 3.05) is 11.1 Å². The minimum atomic E-state index is -0.188. The van der Waals surface area contributed by atoms with Gasteiger partial charge in [0.05, 0.1) is 11.3 Å². The second-order valence-corrected chi connectivity index (χ2v) is 8.71. The molecular weight excluding hydrogens is 436 g/mol.